The molecule has 24 heavy (non-hydrogen) atoms. The van der Waals surface area contributed by atoms with Crippen LogP contribution in [0.3, 0.4) is 0 Å². The zero-order valence-corrected chi connectivity index (χ0v) is 13.1. The number of carbonyl (C=O) groups excluding carboxylic acids is 1. The van der Waals surface area contributed by atoms with Crippen LogP contribution in [-0.4, -0.2) is 28.2 Å². The standard InChI is InChI=1S/C16H15N5O3/c1-10-7-15(21-24-10)20-14-8-13(17-9-18-14)19-12-6-4-3-5-11(12)16(22)23-2/h3-9H,1-2H3,(H2,17,18,19,20,21). The van der Waals surface area contributed by atoms with Gasteiger partial charge < -0.3 is 19.9 Å². The molecule has 3 aromatic rings. The first-order valence-electron chi connectivity index (χ1n) is 7.12. The van der Waals surface area contributed by atoms with Crippen molar-refractivity contribution in [2.75, 3.05) is 17.7 Å². The molecule has 0 aliphatic rings. The summed E-state index contributed by atoms with van der Waals surface area (Å²) in [5, 5.41) is 9.94. The number of nitrogens with one attached hydrogen (secondary N) is 2. The Morgan fingerprint density at radius 3 is 2.54 bits per heavy atom. The normalized spacial score (nSPS) is 10.2. The number of carbonyl (C=O) groups is 1. The number of nitrogens with zero attached hydrogens (tertiary/aromatic N) is 3. The van der Waals surface area contributed by atoms with Gasteiger partial charge in [0.15, 0.2) is 5.82 Å². The van der Waals surface area contributed by atoms with Gasteiger partial charge in [-0.05, 0) is 19.1 Å². The summed E-state index contributed by atoms with van der Waals surface area (Å²) in [5.41, 5.74) is 1.01. The first kappa shape index (κ1) is 15.5. The third-order valence-electron chi connectivity index (χ3n) is 3.15. The van der Waals surface area contributed by atoms with Gasteiger partial charge in [0.1, 0.15) is 23.7 Å². The highest BCUT2D eigenvalue weighted by Gasteiger charge is 2.12. The molecule has 8 heteroatoms. The third kappa shape index (κ3) is 3.49. The number of ether oxygens (including phenoxy) is 1. The summed E-state index contributed by atoms with van der Waals surface area (Å²) in [4.78, 5) is 20.1. The van der Waals surface area contributed by atoms with Gasteiger partial charge in [-0.1, -0.05) is 17.3 Å². The van der Waals surface area contributed by atoms with Gasteiger partial charge in [0.2, 0.25) is 0 Å². The second-order valence-electron chi connectivity index (χ2n) is 4.90. The van der Waals surface area contributed by atoms with Crippen LogP contribution in [0.5, 0.6) is 0 Å². The van der Waals surface area contributed by atoms with Crippen LogP contribution in [-0.2, 0) is 4.74 Å². The monoisotopic (exact) mass is 325 g/mol. The number of esters is 1. The molecule has 0 bridgehead atoms. The van der Waals surface area contributed by atoms with Crippen LogP contribution in [0, 0.1) is 6.92 Å². The zero-order valence-electron chi connectivity index (χ0n) is 13.1. The summed E-state index contributed by atoms with van der Waals surface area (Å²) in [6, 6.07) is 10.5. The number of aryl methyl sites for hydroxylation is 1. The lowest BCUT2D eigenvalue weighted by molar-refractivity contribution is 0.0602. The molecule has 8 nitrogen and oxygen atoms in total. The van der Waals surface area contributed by atoms with E-state index in [0.717, 1.165) is 0 Å². The molecule has 0 aliphatic heterocycles. The average molecular weight is 325 g/mol. The highest BCUT2D eigenvalue weighted by molar-refractivity contribution is 5.96. The smallest absolute Gasteiger partial charge is 0.339 e. The van der Waals surface area contributed by atoms with E-state index in [1.165, 1.54) is 13.4 Å². The maximum Gasteiger partial charge on any atom is 0.339 e. The molecule has 0 saturated heterocycles. The first-order valence-corrected chi connectivity index (χ1v) is 7.12. The number of para-hydroxylation sites is 1. The fraction of sp³-hybridized carbons (Fsp3) is 0.125. The van der Waals surface area contributed by atoms with E-state index in [-0.39, 0.29) is 0 Å². The molecular weight excluding hydrogens is 310 g/mol. The fourth-order valence-corrected chi connectivity index (χ4v) is 2.07. The van der Waals surface area contributed by atoms with Crippen LogP contribution >= 0.6 is 0 Å². The molecule has 122 valence electrons. The number of methoxy groups -OCH3 is 1. The molecule has 3 rings (SSSR count). The minimum Gasteiger partial charge on any atom is -0.465 e. The molecule has 2 heterocycles. The Balaban J connectivity index is 1.81. The van der Waals surface area contributed by atoms with Crippen molar-refractivity contribution in [1.82, 2.24) is 15.1 Å². The lowest BCUT2D eigenvalue weighted by atomic mass is 10.2. The molecule has 2 N–H and O–H groups in total. The molecule has 2 aromatic heterocycles. The molecule has 0 radical (unpaired) electrons. The average Bonchev–Trinajstić information content (AvgIpc) is 3.00. The van der Waals surface area contributed by atoms with E-state index in [1.54, 1.807) is 37.3 Å². The van der Waals surface area contributed by atoms with Gasteiger partial charge >= 0.3 is 5.97 Å². The van der Waals surface area contributed by atoms with E-state index >= 15 is 0 Å². The molecule has 0 aliphatic carbocycles. The summed E-state index contributed by atoms with van der Waals surface area (Å²) >= 11 is 0. The van der Waals surface area contributed by atoms with E-state index in [9.17, 15) is 4.79 Å². The Morgan fingerprint density at radius 1 is 1.08 bits per heavy atom. The Hall–Kier alpha value is -3.42. The van der Waals surface area contributed by atoms with Crippen LogP contribution in [0.15, 0.2) is 47.2 Å². The van der Waals surface area contributed by atoms with E-state index in [2.05, 4.69) is 25.8 Å². The topological polar surface area (TPSA) is 102 Å². The number of rotatable bonds is 5. The van der Waals surface area contributed by atoms with Gasteiger partial charge in [-0.2, -0.15) is 0 Å². The highest BCUT2D eigenvalue weighted by Crippen LogP contribution is 2.22. The van der Waals surface area contributed by atoms with Crippen LogP contribution in [0.2, 0.25) is 0 Å². The second-order valence-corrected chi connectivity index (χ2v) is 4.90. The van der Waals surface area contributed by atoms with Crippen molar-refractivity contribution in [2.24, 2.45) is 0 Å². The van der Waals surface area contributed by atoms with Crippen molar-refractivity contribution in [3.63, 3.8) is 0 Å². The van der Waals surface area contributed by atoms with E-state index < -0.39 is 5.97 Å². The molecule has 0 unspecified atom stereocenters. The van der Waals surface area contributed by atoms with Gasteiger partial charge in [0.05, 0.1) is 18.4 Å². The predicted octanol–water partition coefficient (Wildman–Crippen LogP) is 3.05. The number of aromatic nitrogens is 3. The van der Waals surface area contributed by atoms with Crippen molar-refractivity contribution in [3.05, 3.63) is 54.0 Å². The Bertz CT molecular complexity index is 862. The first-order chi connectivity index (χ1) is 11.7. The minimum absolute atomic E-state index is 0.417. The van der Waals surface area contributed by atoms with Crippen molar-refractivity contribution < 1.29 is 14.1 Å². The van der Waals surface area contributed by atoms with Crippen LogP contribution in [0.25, 0.3) is 0 Å². The van der Waals surface area contributed by atoms with Crippen LogP contribution < -0.4 is 10.6 Å². The van der Waals surface area contributed by atoms with Crippen molar-refractivity contribution in [2.45, 2.75) is 6.92 Å². The molecule has 1 aromatic carbocycles. The van der Waals surface area contributed by atoms with E-state index in [0.29, 0.717) is 34.5 Å². The van der Waals surface area contributed by atoms with Gasteiger partial charge in [-0.3, -0.25) is 0 Å². The molecule has 0 amide bonds. The zero-order chi connectivity index (χ0) is 16.9. The lowest BCUT2D eigenvalue weighted by Crippen LogP contribution is -2.06. The quantitative estimate of drug-likeness (QED) is 0.690. The van der Waals surface area contributed by atoms with Gasteiger partial charge in [0, 0.05) is 12.1 Å². The number of benzene rings is 1. The summed E-state index contributed by atoms with van der Waals surface area (Å²) in [6.07, 6.45) is 1.40. The maximum absolute atomic E-state index is 11.8. The van der Waals surface area contributed by atoms with Crippen molar-refractivity contribution >= 4 is 29.1 Å². The summed E-state index contributed by atoms with van der Waals surface area (Å²) < 4.78 is 9.77. The molecular formula is C16H15N5O3. The molecule has 0 spiro atoms. The van der Waals surface area contributed by atoms with Crippen molar-refractivity contribution in [3.8, 4) is 0 Å². The summed E-state index contributed by atoms with van der Waals surface area (Å²) in [6.45, 7) is 1.80. The Kier molecular flexibility index (Phi) is 4.37. The largest absolute Gasteiger partial charge is 0.465 e. The predicted molar refractivity (Wildman–Crippen MR) is 87.6 cm³/mol. The number of anilines is 4. The van der Waals surface area contributed by atoms with Gasteiger partial charge in [-0.25, -0.2) is 14.8 Å². The Labute approximate surface area is 137 Å². The van der Waals surface area contributed by atoms with E-state index in [4.69, 9.17) is 9.26 Å². The summed E-state index contributed by atoms with van der Waals surface area (Å²) in [5.74, 6) is 1.87. The van der Waals surface area contributed by atoms with Crippen molar-refractivity contribution in [1.29, 1.82) is 0 Å². The minimum atomic E-state index is -0.427. The van der Waals surface area contributed by atoms with Crippen LogP contribution in [0.1, 0.15) is 16.1 Å². The maximum atomic E-state index is 11.8. The summed E-state index contributed by atoms with van der Waals surface area (Å²) in [7, 11) is 1.34. The SMILES string of the molecule is COC(=O)c1ccccc1Nc1cc(Nc2cc(C)on2)ncn1. The van der Waals surface area contributed by atoms with E-state index in [1.807, 2.05) is 6.07 Å². The van der Waals surface area contributed by atoms with Crippen LogP contribution in [0.4, 0.5) is 23.1 Å². The number of hydrogen-bond donors (Lipinski definition) is 2. The van der Waals surface area contributed by atoms with Gasteiger partial charge in [0.25, 0.3) is 0 Å². The fourth-order valence-electron chi connectivity index (χ4n) is 2.07. The highest BCUT2D eigenvalue weighted by atomic mass is 16.5. The van der Waals surface area contributed by atoms with Gasteiger partial charge in [-0.15, -0.1) is 0 Å². The molecule has 0 atom stereocenters. The second kappa shape index (κ2) is 6.78. The molecule has 0 saturated carbocycles. The Morgan fingerprint density at radius 2 is 1.83 bits per heavy atom. The third-order valence-corrected chi connectivity index (χ3v) is 3.15. The lowest BCUT2D eigenvalue weighted by Gasteiger charge is -2.10. The molecule has 0 fully saturated rings. The number of hydrogen-bond acceptors (Lipinski definition) is 8.